The lowest BCUT2D eigenvalue weighted by Gasteiger charge is -2.18. The Kier molecular flexibility index (Phi) is 5.79. The Labute approximate surface area is 162 Å². The van der Waals surface area contributed by atoms with Gasteiger partial charge in [-0.3, -0.25) is 9.52 Å². The van der Waals surface area contributed by atoms with Gasteiger partial charge in [0.2, 0.25) is 5.91 Å². The molecule has 0 spiro atoms. The molecular formula is C19H21F3N2O3S. The van der Waals surface area contributed by atoms with Crippen LogP contribution in [0.15, 0.2) is 47.4 Å². The number of hydrogen-bond acceptors (Lipinski definition) is 3. The lowest BCUT2D eigenvalue weighted by molar-refractivity contribution is -0.137. The minimum atomic E-state index is -4.65. The van der Waals surface area contributed by atoms with E-state index in [1.165, 1.54) is 31.2 Å². The zero-order valence-electron chi connectivity index (χ0n) is 15.8. The van der Waals surface area contributed by atoms with Crippen molar-refractivity contribution >= 4 is 27.3 Å². The van der Waals surface area contributed by atoms with Crippen LogP contribution in [0.4, 0.5) is 24.5 Å². The first kappa shape index (κ1) is 21.7. The maximum absolute atomic E-state index is 12.9. The number of benzene rings is 2. The van der Waals surface area contributed by atoms with E-state index in [-0.39, 0.29) is 17.2 Å². The van der Waals surface area contributed by atoms with E-state index < -0.39 is 32.1 Å². The molecule has 0 saturated carbocycles. The third-order valence-corrected chi connectivity index (χ3v) is 5.40. The fourth-order valence-electron chi connectivity index (χ4n) is 2.22. The minimum Gasteiger partial charge on any atom is -0.326 e. The van der Waals surface area contributed by atoms with Crippen molar-refractivity contribution in [3.63, 3.8) is 0 Å². The van der Waals surface area contributed by atoms with Gasteiger partial charge in [-0.15, -0.1) is 0 Å². The van der Waals surface area contributed by atoms with Crippen LogP contribution in [0.3, 0.4) is 0 Å². The molecule has 0 bridgehead atoms. The molecule has 0 unspecified atom stereocenters. The summed E-state index contributed by atoms with van der Waals surface area (Å²) in [6.07, 6.45) is -4.65. The second kappa shape index (κ2) is 7.46. The number of hydrogen-bond donors (Lipinski definition) is 2. The second-order valence-corrected chi connectivity index (χ2v) is 9.02. The van der Waals surface area contributed by atoms with Crippen molar-refractivity contribution in [1.82, 2.24) is 0 Å². The molecule has 0 heterocycles. The Hall–Kier alpha value is -2.55. The van der Waals surface area contributed by atoms with Gasteiger partial charge in [0.15, 0.2) is 0 Å². The van der Waals surface area contributed by atoms with E-state index in [9.17, 15) is 26.4 Å². The number of carbonyl (C=O) groups is 1. The van der Waals surface area contributed by atoms with E-state index in [1.54, 1.807) is 20.8 Å². The van der Waals surface area contributed by atoms with Crippen molar-refractivity contribution in [2.45, 2.75) is 38.8 Å². The van der Waals surface area contributed by atoms with Gasteiger partial charge < -0.3 is 5.32 Å². The smallest absolute Gasteiger partial charge is 0.326 e. The Morgan fingerprint density at radius 3 is 1.96 bits per heavy atom. The van der Waals surface area contributed by atoms with Crippen LogP contribution >= 0.6 is 0 Å². The molecule has 0 aliphatic rings. The van der Waals surface area contributed by atoms with Crippen LogP contribution in [0.2, 0.25) is 0 Å². The Morgan fingerprint density at radius 1 is 0.929 bits per heavy atom. The predicted octanol–water partition coefficient (Wildman–Crippen LogP) is 4.80. The quantitative estimate of drug-likeness (QED) is 0.755. The summed E-state index contributed by atoms with van der Waals surface area (Å²) in [5, 5.41) is 2.70. The second-order valence-electron chi connectivity index (χ2n) is 7.37. The molecule has 0 aliphatic heterocycles. The molecule has 1 amide bonds. The highest BCUT2D eigenvalue weighted by Gasteiger charge is 2.32. The average Bonchev–Trinajstić information content (AvgIpc) is 2.54. The topological polar surface area (TPSA) is 75.3 Å². The summed E-state index contributed by atoms with van der Waals surface area (Å²) in [5.41, 5.74) is -0.821. The first-order valence-corrected chi connectivity index (χ1v) is 9.81. The maximum atomic E-state index is 12.9. The number of nitrogens with one attached hydrogen (secondary N) is 2. The normalized spacial score (nSPS) is 12.5. The average molecular weight is 414 g/mol. The zero-order chi connectivity index (χ0) is 21.3. The molecule has 2 aromatic carbocycles. The van der Waals surface area contributed by atoms with Gasteiger partial charge in [-0.2, -0.15) is 13.2 Å². The molecule has 9 heteroatoms. The molecule has 0 atom stereocenters. The maximum Gasteiger partial charge on any atom is 0.416 e. The number of alkyl halides is 3. The molecule has 5 nitrogen and oxygen atoms in total. The van der Waals surface area contributed by atoms with Gasteiger partial charge in [-0.1, -0.05) is 26.8 Å². The number of sulfonamides is 1. The van der Waals surface area contributed by atoms with Gasteiger partial charge in [-0.05, 0) is 48.9 Å². The zero-order valence-corrected chi connectivity index (χ0v) is 16.6. The monoisotopic (exact) mass is 414 g/mol. The van der Waals surface area contributed by atoms with Crippen molar-refractivity contribution in [3.8, 4) is 0 Å². The van der Waals surface area contributed by atoms with Crippen LogP contribution in [0.5, 0.6) is 0 Å². The lowest BCUT2D eigenvalue weighted by Crippen LogP contribution is -2.27. The molecule has 28 heavy (non-hydrogen) atoms. The van der Waals surface area contributed by atoms with Gasteiger partial charge in [0.05, 0.1) is 10.5 Å². The van der Waals surface area contributed by atoms with Crippen molar-refractivity contribution in [3.05, 3.63) is 53.6 Å². The molecule has 152 valence electrons. The predicted molar refractivity (Wildman–Crippen MR) is 102 cm³/mol. The van der Waals surface area contributed by atoms with E-state index in [0.717, 1.165) is 12.1 Å². The SMILES string of the molecule is Cc1ccc(C(F)(F)F)cc1S(=O)(=O)Nc1ccc(NC(=O)C(C)(C)C)cc1. The Bertz CT molecular complexity index is 977. The van der Waals surface area contributed by atoms with Gasteiger partial charge in [0.1, 0.15) is 0 Å². The number of halogens is 3. The van der Waals surface area contributed by atoms with Crippen LogP contribution in [-0.2, 0) is 21.0 Å². The number of anilines is 2. The highest BCUT2D eigenvalue weighted by atomic mass is 32.2. The van der Waals surface area contributed by atoms with Crippen molar-refractivity contribution < 1.29 is 26.4 Å². The summed E-state index contributed by atoms with van der Waals surface area (Å²) in [4.78, 5) is 11.5. The lowest BCUT2D eigenvalue weighted by atomic mass is 9.95. The van der Waals surface area contributed by atoms with Crippen LogP contribution in [0.1, 0.15) is 31.9 Å². The highest BCUT2D eigenvalue weighted by molar-refractivity contribution is 7.92. The number of amides is 1. The number of rotatable bonds is 4. The third-order valence-electron chi connectivity index (χ3n) is 3.88. The molecule has 0 saturated heterocycles. The first-order valence-electron chi connectivity index (χ1n) is 8.32. The molecule has 2 rings (SSSR count). The third kappa shape index (κ3) is 5.25. The van der Waals surface area contributed by atoms with E-state index in [0.29, 0.717) is 11.8 Å². The molecule has 0 fully saturated rings. The molecular weight excluding hydrogens is 393 g/mol. The Balaban J connectivity index is 2.25. The summed E-state index contributed by atoms with van der Waals surface area (Å²) >= 11 is 0. The first-order chi connectivity index (χ1) is 12.7. The van der Waals surface area contributed by atoms with Crippen LogP contribution in [0, 0.1) is 12.3 Å². The van der Waals surface area contributed by atoms with Gasteiger partial charge in [-0.25, -0.2) is 8.42 Å². The molecule has 0 radical (unpaired) electrons. The van der Waals surface area contributed by atoms with E-state index in [1.807, 2.05) is 0 Å². The van der Waals surface area contributed by atoms with Crippen LogP contribution in [-0.4, -0.2) is 14.3 Å². The fraction of sp³-hybridized carbons (Fsp3) is 0.316. The van der Waals surface area contributed by atoms with E-state index in [2.05, 4.69) is 10.0 Å². The van der Waals surface area contributed by atoms with E-state index >= 15 is 0 Å². The summed E-state index contributed by atoms with van der Waals surface area (Å²) in [5.74, 6) is -0.208. The van der Waals surface area contributed by atoms with E-state index in [4.69, 9.17) is 0 Å². The van der Waals surface area contributed by atoms with Crippen molar-refractivity contribution in [2.75, 3.05) is 10.0 Å². The van der Waals surface area contributed by atoms with Crippen LogP contribution < -0.4 is 10.0 Å². The Morgan fingerprint density at radius 2 is 1.46 bits per heavy atom. The summed E-state index contributed by atoms with van der Waals surface area (Å²) in [7, 11) is -4.22. The van der Waals surface area contributed by atoms with Crippen molar-refractivity contribution in [1.29, 1.82) is 0 Å². The van der Waals surface area contributed by atoms with Gasteiger partial charge in [0.25, 0.3) is 10.0 Å². The minimum absolute atomic E-state index is 0.158. The number of carbonyl (C=O) groups excluding carboxylic acids is 1. The molecule has 0 aromatic heterocycles. The number of aryl methyl sites for hydroxylation is 1. The van der Waals surface area contributed by atoms with Crippen molar-refractivity contribution in [2.24, 2.45) is 5.41 Å². The highest BCUT2D eigenvalue weighted by Crippen LogP contribution is 2.32. The molecule has 2 N–H and O–H groups in total. The molecule has 2 aromatic rings. The largest absolute Gasteiger partial charge is 0.416 e. The summed E-state index contributed by atoms with van der Waals surface area (Å²) in [6, 6.07) is 8.39. The summed E-state index contributed by atoms with van der Waals surface area (Å²) in [6.45, 7) is 6.67. The van der Waals surface area contributed by atoms with Crippen LogP contribution in [0.25, 0.3) is 0 Å². The standard InChI is InChI=1S/C19H21F3N2O3S/c1-12-5-6-13(19(20,21)22)11-16(12)28(26,27)24-15-9-7-14(8-10-15)23-17(25)18(2,3)4/h5-11,24H,1-4H3,(H,23,25). The molecule has 0 aliphatic carbocycles. The summed E-state index contributed by atoms with van der Waals surface area (Å²) < 4.78 is 66.0. The fourth-order valence-corrected chi connectivity index (χ4v) is 3.55. The van der Waals surface area contributed by atoms with Gasteiger partial charge in [0, 0.05) is 16.8 Å². The van der Waals surface area contributed by atoms with Gasteiger partial charge >= 0.3 is 6.18 Å².